The number of carbonyl (C=O) groups excluding carboxylic acids is 1. The number of hydrogen-bond acceptors (Lipinski definition) is 3. The van der Waals surface area contributed by atoms with Crippen molar-refractivity contribution < 1.29 is 9.63 Å². The Hall–Kier alpha value is -2.12. The molecule has 0 N–H and O–H groups in total. The fourth-order valence-electron chi connectivity index (χ4n) is 1.74. The van der Waals surface area contributed by atoms with Crippen molar-refractivity contribution >= 4 is 11.6 Å². The molecule has 0 spiro atoms. The largest absolute Gasteiger partial charge is 0.282 e. The summed E-state index contributed by atoms with van der Waals surface area (Å²) < 4.78 is 0. The van der Waals surface area contributed by atoms with Crippen LogP contribution in [0, 0.1) is 11.3 Å². The molecule has 0 radical (unpaired) electrons. The van der Waals surface area contributed by atoms with E-state index < -0.39 is 0 Å². The van der Waals surface area contributed by atoms with Crippen molar-refractivity contribution in [1.82, 2.24) is 5.06 Å². The van der Waals surface area contributed by atoms with Gasteiger partial charge in [0.1, 0.15) is 0 Å². The highest BCUT2D eigenvalue weighted by Crippen LogP contribution is 2.32. The lowest BCUT2D eigenvalue weighted by Gasteiger charge is -2.13. The van der Waals surface area contributed by atoms with Crippen LogP contribution in [0.4, 0.5) is 0 Å². The third-order valence-corrected chi connectivity index (χ3v) is 2.41. The molecule has 4 nitrogen and oxygen atoms in total. The second kappa shape index (κ2) is 4.17. The zero-order valence-corrected chi connectivity index (χ0v) is 8.80. The second-order valence-corrected chi connectivity index (χ2v) is 3.28. The van der Waals surface area contributed by atoms with Gasteiger partial charge in [-0.05, 0) is 12.1 Å². The molecule has 80 valence electrons. The maximum absolute atomic E-state index is 11.9. The van der Waals surface area contributed by atoms with Gasteiger partial charge in [0.25, 0.3) is 5.91 Å². The van der Waals surface area contributed by atoms with Gasteiger partial charge in [-0.15, -0.1) is 0 Å². The Balaban J connectivity index is 2.52. The van der Waals surface area contributed by atoms with Gasteiger partial charge in [0.2, 0.25) is 0 Å². The van der Waals surface area contributed by atoms with Crippen molar-refractivity contribution in [3.8, 4) is 6.07 Å². The van der Waals surface area contributed by atoms with Gasteiger partial charge in [0.05, 0.1) is 30.9 Å². The van der Waals surface area contributed by atoms with Gasteiger partial charge < -0.3 is 0 Å². The molecule has 0 unspecified atom stereocenters. The maximum Gasteiger partial charge on any atom is 0.282 e. The van der Waals surface area contributed by atoms with E-state index in [0.717, 1.165) is 5.56 Å². The van der Waals surface area contributed by atoms with Gasteiger partial charge in [-0.25, -0.2) is 0 Å². The Morgan fingerprint density at radius 2 is 2.12 bits per heavy atom. The number of rotatable bonds is 2. The standard InChI is InChI=1S/C12H10N2O2/c1-16-14-11(7-4-8-13)9-5-2-3-6-10(9)12(14)15/h2-3,5-7H,4H2,1H3/b11-7+. The first kappa shape index (κ1) is 10.4. The van der Waals surface area contributed by atoms with Crippen LogP contribution in [0.1, 0.15) is 22.3 Å². The third-order valence-electron chi connectivity index (χ3n) is 2.41. The third kappa shape index (κ3) is 1.47. The van der Waals surface area contributed by atoms with Crippen molar-refractivity contribution in [2.24, 2.45) is 0 Å². The number of benzene rings is 1. The summed E-state index contributed by atoms with van der Waals surface area (Å²) in [5.74, 6) is -0.192. The van der Waals surface area contributed by atoms with E-state index in [2.05, 4.69) is 0 Å². The molecular formula is C12H10N2O2. The first-order valence-corrected chi connectivity index (χ1v) is 4.84. The molecule has 0 aliphatic carbocycles. The molecular weight excluding hydrogens is 204 g/mol. The van der Waals surface area contributed by atoms with Gasteiger partial charge in [-0.2, -0.15) is 10.3 Å². The summed E-state index contributed by atoms with van der Waals surface area (Å²) in [5, 5.41) is 9.77. The van der Waals surface area contributed by atoms with E-state index in [0.29, 0.717) is 11.3 Å². The summed E-state index contributed by atoms with van der Waals surface area (Å²) in [6.45, 7) is 0. The molecule has 1 amide bonds. The lowest BCUT2D eigenvalue weighted by molar-refractivity contribution is -0.0457. The first-order chi connectivity index (χ1) is 7.79. The number of allylic oxidation sites excluding steroid dienone is 1. The lowest BCUT2D eigenvalue weighted by Crippen LogP contribution is -2.21. The van der Waals surface area contributed by atoms with Gasteiger partial charge in [-0.3, -0.25) is 9.63 Å². The normalized spacial score (nSPS) is 16.4. The molecule has 0 bridgehead atoms. The smallest absolute Gasteiger partial charge is 0.269 e. The summed E-state index contributed by atoms with van der Waals surface area (Å²) in [5.41, 5.74) is 2.06. The van der Waals surface area contributed by atoms with E-state index in [4.69, 9.17) is 10.1 Å². The Morgan fingerprint density at radius 1 is 1.44 bits per heavy atom. The number of hydroxylamine groups is 2. The van der Waals surface area contributed by atoms with Crippen molar-refractivity contribution in [1.29, 1.82) is 5.26 Å². The monoisotopic (exact) mass is 214 g/mol. The molecule has 0 aromatic heterocycles. The molecule has 2 rings (SSSR count). The fourth-order valence-corrected chi connectivity index (χ4v) is 1.74. The number of carbonyl (C=O) groups is 1. The highest BCUT2D eigenvalue weighted by Gasteiger charge is 2.31. The van der Waals surface area contributed by atoms with Crippen molar-refractivity contribution in [2.45, 2.75) is 6.42 Å². The molecule has 0 atom stereocenters. The van der Waals surface area contributed by atoms with Crippen LogP contribution in [-0.4, -0.2) is 18.1 Å². The summed E-state index contributed by atoms with van der Waals surface area (Å²) in [6.07, 6.45) is 1.93. The predicted octanol–water partition coefficient (Wildman–Crippen LogP) is 1.96. The van der Waals surface area contributed by atoms with Crippen LogP contribution < -0.4 is 0 Å². The average molecular weight is 214 g/mol. The Morgan fingerprint density at radius 3 is 2.75 bits per heavy atom. The molecule has 1 heterocycles. The molecule has 16 heavy (non-hydrogen) atoms. The van der Waals surface area contributed by atoms with Crippen LogP contribution in [0.15, 0.2) is 30.3 Å². The van der Waals surface area contributed by atoms with Gasteiger partial charge in [0, 0.05) is 5.56 Å². The van der Waals surface area contributed by atoms with Gasteiger partial charge in [-0.1, -0.05) is 18.2 Å². The molecule has 1 aliphatic rings. The topological polar surface area (TPSA) is 53.3 Å². The minimum Gasteiger partial charge on any atom is -0.269 e. The van der Waals surface area contributed by atoms with Crippen LogP contribution >= 0.6 is 0 Å². The number of nitrogens with zero attached hydrogens (tertiary/aromatic N) is 2. The zero-order valence-electron chi connectivity index (χ0n) is 8.80. The number of fused-ring (bicyclic) bond motifs is 1. The average Bonchev–Trinajstić information content (AvgIpc) is 2.60. The predicted molar refractivity (Wildman–Crippen MR) is 57.8 cm³/mol. The van der Waals surface area contributed by atoms with E-state index in [1.54, 1.807) is 18.2 Å². The fraction of sp³-hybridized carbons (Fsp3) is 0.167. The van der Waals surface area contributed by atoms with E-state index >= 15 is 0 Å². The van der Waals surface area contributed by atoms with Crippen LogP contribution in [0.3, 0.4) is 0 Å². The molecule has 1 aliphatic heterocycles. The quantitative estimate of drug-likeness (QED) is 0.756. The number of hydrogen-bond donors (Lipinski definition) is 0. The summed E-state index contributed by atoms with van der Waals surface area (Å²) in [7, 11) is 1.43. The summed E-state index contributed by atoms with van der Waals surface area (Å²) >= 11 is 0. The van der Waals surface area contributed by atoms with Crippen molar-refractivity contribution in [2.75, 3.05) is 7.11 Å². The SMILES string of the molecule is CON1C(=O)c2ccccc2/C1=C\CC#N. The minimum atomic E-state index is -0.192. The number of amides is 1. The van der Waals surface area contributed by atoms with Crippen molar-refractivity contribution in [3.63, 3.8) is 0 Å². The van der Waals surface area contributed by atoms with Gasteiger partial charge in [0.15, 0.2) is 0 Å². The first-order valence-electron chi connectivity index (χ1n) is 4.84. The molecule has 1 aromatic rings. The number of nitriles is 1. The van der Waals surface area contributed by atoms with Crippen molar-refractivity contribution in [3.05, 3.63) is 41.5 Å². The second-order valence-electron chi connectivity index (χ2n) is 3.28. The Kier molecular flexibility index (Phi) is 2.71. The van der Waals surface area contributed by atoms with Crippen LogP contribution in [0.25, 0.3) is 5.70 Å². The zero-order chi connectivity index (χ0) is 11.5. The Bertz CT molecular complexity index is 500. The van der Waals surface area contributed by atoms with E-state index in [1.807, 2.05) is 18.2 Å². The molecule has 0 saturated heterocycles. The Labute approximate surface area is 93.3 Å². The van der Waals surface area contributed by atoms with E-state index in [9.17, 15) is 4.79 Å². The lowest BCUT2D eigenvalue weighted by atomic mass is 10.1. The van der Waals surface area contributed by atoms with E-state index in [1.165, 1.54) is 12.2 Å². The highest BCUT2D eigenvalue weighted by molar-refractivity contribution is 6.08. The molecule has 1 aromatic carbocycles. The highest BCUT2D eigenvalue weighted by atomic mass is 16.7. The summed E-state index contributed by atoms with van der Waals surface area (Å²) in [4.78, 5) is 16.9. The van der Waals surface area contributed by atoms with Crippen LogP contribution in [-0.2, 0) is 4.84 Å². The molecule has 0 fully saturated rings. The van der Waals surface area contributed by atoms with Gasteiger partial charge >= 0.3 is 0 Å². The van der Waals surface area contributed by atoms with Crippen LogP contribution in [0.2, 0.25) is 0 Å². The molecule has 0 saturated carbocycles. The minimum absolute atomic E-state index is 0.192. The molecule has 4 heteroatoms. The van der Waals surface area contributed by atoms with Crippen LogP contribution in [0.5, 0.6) is 0 Å². The summed E-state index contributed by atoms with van der Waals surface area (Å²) in [6, 6.07) is 9.26. The maximum atomic E-state index is 11.9. The van der Waals surface area contributed by atoms with E-state index in [-0.39, 0.29) is 12.3 Å².